The number of carboxylic acid groups (broad SMARTS) is 2. The third-order valence-corrected chi connectivity index (χ3v) is 5.02. The van der Waals surface area contributed by atoms with E-state index in [4.69, 9.17) is 14.6 Å². The van der Waals surface area contributed by atoms with Gasteiger partial charge < -0.3 is 29.6 Å². The maximum Gasteiger partial charge on any atom is 0.335 e. The number of sulfonamides is 1. The second-order valence-electron chi connectivity index (χ2n) is 5.53. The molecular formula is C18H15NO9S-2. The first-order valence-electron chi connectivity index (χ1n) is 7.81. The molecule has 2 aromatic carbocycles. The van der Waals surface area contributed by atoms with E-state index in [0.29, 0.717) is 6.08 Å². The maximum atomic E-state index is 12.9. The molecule has 0 fully saturated rings. The van der Waals surface area contributed by atoms with Gasteiger partial charge in [0.15, 0.2) is 11.5 Å². The summed E-state index contributed by atoms with van der Waals surface area (Å²) < 4.78 is 38.1. The predicted molar refractivity (Wildman–Crippen MR) is 97.2 cm³/mol. The molecule has 0 aliphatic heterocycles. The summed E-state index contributed by atoms with van der Waals surface area (Å²) in [7, 11) is -1.86. The number of methoxy groups -OCH3 is 2. The van der Waals surface area contributed by atoms with Gasteiger partial charge in [0.2, 0.25) is 0 Å². The second-order valence-corrected chi connectivity index (χ2v) is 7.18. The number of aromatic carboxylic acids is 1. The molecule has 0 amide bonds. The van der Waals surface area contributed by atoms with Crippen LogP contribution in [0, 0.1) is 0 Å². The van der Waals surface area contributed by atoms with E-state index in [2.05, 4.69) is 4.72 Å². The van der Waals surface area contributed by atoms with E-state index >= 15 is 0 Å². The summed E-state index contributed by atoms with van der Waals surface area (Å²) in [5.41, 5.74) is -0.517. The van der Waals surface area contributed by atoms with Crippen molar-refractivity contribution >= 4 is 33.7 Å². The summed E-state index contributed by atoms with van der Waals surface area (Å²) >= 11 is 0. The first-order valence-corrected chi connectivity index (χ1v) is 9.29. The largest absolute Gasteiger partial charge is 0.872 e. The lowest BCUT2D eigenvalue weighted by Crippen LogP contribution is -2.18. The fraction of sp³-hybridized carbons (Fsp3) is 0.111. The smallest absolute Gasteiger partial charge is 0.335 e. The summed E-state index contributed by atoms with van der Waals surface area (Å²) in [5.74, 6) is -3.95. The molecule has 0 atom stereocenters. The third-order valence-electron chi connectivity index (χ3n) is 3.63. The van der Waals surface area contributed by atoms with Crippen LogP contribution in [-0.2, 0) is 14.8 Å². The molecule has 0 bridgehead atoms. The molecule has 2 N–H and O–H groups in total. The van der Waals surface area contributed by atoms with Crippen molar-refractivity contribution in [3.63, 3.8) is 0 Å². The van der Waals surface area contributed by atoms with Gasteiger partial charge in [0.05, 0.1) is 25.8 Å². The molecule has 2 aromatic rings. The first kappa shape index (κ1) is 21.6. The topological polar surface area (TPSA) is 165 Å². The van der Waals surface area contributed by atoms with Crippen LogP contribution in [0.15, 0.2) is 41.3 Å². The Hall–Kier alpha value is -3.73. The monoisotopic (exact) mass is 421 g/mol. The number of carbonyl (C=O) groups excluding carboxylic acids is 1. The molecule has 0 saturated carbocycles. The van der Waals surface area contributed by atoms with Crippen LogP contribution >= 0.6 is 0 Å². The summed E-state index contributed by atoms with van der Waals surface area (Å²) in [4.78, 5) is 21.1. The number of rotatable bonds is 8. The average molecular weight is 421 g/mol. The van der Waals surface area contributed by atoms with Crippen LogP contribution in [0.25, 0.3) is 6.08 Å². The van der Waals surface area contributed by atoms with E-state index < -0.39 is 38.2 Å². The van der Waals surface area contributed by atoms with Crippen LogP contribution in [0.1, 0.15) is 15.9 Å². The van der Waals surface area contributed by atoms with Crippen LogP contribution in [0.4, 0.5) is 5.69 Å². The Balaban J connectivity index is 2.55. The van der Waals surface area contributed by atoms with Crippen molar-refractivity contribution in [3.05, 3.63) is 47.5 Å². The normalized spacial score (nSPS) is 11.2. The Morgan fingerprint density at radius 2 is 1.83 bits per heavy atom. The minimum Gasteiger partial charge on any atom is -0.872 e. The highest BCUT2D eigenvalue weighted by Crippen LogP contribution is 2.37. The molecule has 0 aromatic heterocycles. The van der Waals surface area contributed by atoms with Crippen molar-refractivity contribution in [1.82, 2.24) is 0 Å². The van der Waals surface area contributed by atoms with Gasteiger partial charge in [-0.05, 0) is 42.0 Å². The second kappa shape index (κ2) is 8.52. The summed E-state index contributed by atoms with van der Waals surface area (Å²) in [6.45, 7) is 0. The Kier molecular flexibility index (Phi) is 6.34. The van der Waals surface area contributed by atoms with Crippen LogP contribution in [0.2, 0.25) is 0 Å². The zero-order valence-corrected chi connectivity index (χ0v) is 16.0. The minimum atomic E-state index is -4.34. The van der Waals surface area contributed by atoms with Gasteiger partial charge in [0.25, 0.3) is 10.0 Å². The fourth-order valence-electron chi connectivity index (χ4n) is 2.38. The molecule has 0 saturated heterocycles. The standard InChI is InChI=1S/C18H17NO9S/c1-27-14-7-10(3-6-16(21)22)8-15(17(14)28-2)29(25,26)19-11-4-5-12(18(23)24)13(20)9-11/h3-9,19-20H,1-2H3,(H,21,22)(H,23,24)/p-2/b6-3-. The van der Waals surface area contributed by atoms with Crippen LogP contribution < -0.4 is 24.4 Å². The number of ether oxygens (including phenoxy) is 2. The van der Waals surface area contributed by atoms with Gasteiger partial charge in [-0.2, -0.15) is 0 Å². The first-order chi connectivity index (χ1) is 13.6. The third kappa shape index (κ3) is 4.96. The Bertz CT molecular complexity index is 1090. The van der Waals surface area contributed by atoms with Crippen LogP contribution in [0.5, 0.6) is 17.2 Å². The number of nitrogens with one attached hydrogen (secondary N) is 1. The van der Waals surface area contributed by atoms with Crippen molar-refractivity contribution in [2.24, 2.45) is 0 Å². The van der Waals surface area contributed by atoms with Gasteiger partial charge in [-0.3, -0.25) is 4.72 Å². The van der Waals surface area contributed by atoms with Crippen molar-refractivity contribution in [3.8, 4) is 17.2 Å². The molecule has 154 valence electrons. The number of benzene rings is 2. The highest BCUT2D eigenvalue weighted by Gasteiger charge is 2.24. The number of aliphatic carboxylic acids is 1. The minimum absolute atomic E-state index is 0.0131. The van der Waals surface area contributed by atoms with Gasteiger partial charge >= 0.3 is 5.97 Å². The molecule has 0 radical (unpaired) electrons. The molecule has 2 rings (SSSR count). The quantitative estimate of drug-likeness (QED) is 0.560. The lowest BCUT2D eigenvalue weighted by Gasteiger charge is -2.17. The molecule has 29 heavy (non-hydrogen) atoms. The van der Waals surface area contributed by atoms with E-state index in [1.807, 2.05) is 0 Å². The van der Waals surface area contributed by atoms with Crippen LogP contribution in [-0.4, -0.2) is 39.7 Å². The van der Waals surface area contributed by atoms with E-state index in [-0.39, 0.29) is 22.7 Å². The van der Waals surface area contributed by atoms with Gasteiger partial charge in [-0.15, -0.1) is 0 Å². The molecular weight excluding hydrogens is 406 g/mol. The molecule has 0 heterocycles. The van der Waals surface area contributed by atoms with E-state index in [1.54, 1.807) is 0 Å². The summed E-state index contributed by atoms with van der Waals surface area (Å²) in [6, 6.07) is 5.40. The van der Waals surface area contributed by atoms with Crippen molar-refractivity contribution in [2.75, 3.05) is 18.9 Å². The molecule has 0 aliphatic carbocycles. The number of hydrogen-bond donors (Lipinski definition) is 2. The number of carboxylic acids is 2. The number of anilines is 1. The zero-order valence-electron chi connectivity index (χ0n) is 15.2. The molecule has 11 heteroatoms. The summed E-state index contributed by atoms with van der Waals surface area (Å²) in [6.07, 6.45) is 1.81. The highest BCUT2D eigenvalue weighted by atomic mass is 32.2. The predicted octanol–water partition coefficient (Wildman–Crippen LogP) is 0.0395. The van der Waals surface area contributed by atoms with Crippen molar-refractivity contribution in [2.45, 2.75) is 4.90 Å². The summed E-state index contributed by atoms with van der Waals surface area (Å²) in [5, 5.41) is 31.3. The Morgan fingerprint density at radius 1 is 1.14 bits per heavy atom. The molecule has 0 unspecified atom stereocenters. The molecule has 0 aliphatic rings. The molecule has 10 nitrogen and oxygen atoms in total. The number of hydrogen-bond acceptors (Lipinski definition) is 8. The van der Waals surface area contributed by atoms with Gasteiger partial charge in [-0.1, -0.05) is 11.8 Å². The van der Waals surface area contributed by atoms with Crippen molar-refractivity contribution < 1.29 is 42.8 Å². The molecule has 0 spiro atoms. The lowest BCUT2D eigenvalue weighted by atomic mass is 10.2. The average Bonchev–Trinajstić information content (AvgIpc) is 2.64. The van der Waals surface area contributed by atoms with Crippen LogP contribution in [0.3, 0.4) is 0 Å². The van der Waals surface area contributed by atoms with E-state index in [1.165, 1.54) is 20.3 Å². The Labute approximate surface area is 165 Å². The maximum absolute atomic E-state index is 12.9. The SMILES string of the molecule is COc1cc(/C=C\C(=O)[O-])cc(S(=O)(=O)Nc2ccc(C(=O)O)c([O-])c2)c1OC. The van der Waals surface area contributed by atoms with Gasteiger partial charge in [-0.25, -0.2) is 13.2 Å². The van der Waals surface area contributed by atoms with E-state index in [0.717, 1.165) is 30.3 Å². The van der Waals surface area contributed by atoms with Gasteiger partial charge in [0, 0.05) is 5.69 Å². The zero-order chi connectivity index (χ0) is 21.8. The lowest BCUT2D eigenvalue weighted by molar-refractivity contribution is -0.297. The Morgan fingerprint density at radius 3 is 2.34 bits per heavy atom. The fourth-order valence-corrected chi connectivity index (χ4v) is 3.65. The van der Waals surface area contributed by atoms with Gasteiger partial charge in [0.1, 0.15) is 4.90 Å². The van der Waals surface area contributed by atoms with Crippen molar-refractivity contribution in [1.29, 1.82) is 0 Å². The highest BCUT2D eigenvalue weighted by molar-refractivity contribution is 7.92. The number of carbonyl (C=O) groups is 2. The van der Waals surface area contributed by atoms with E-state index in [9.17, 15) is 28.2 Å².